The number of benzene rings is 1. The van der Waals surface area contributed by atoms with Crippen LogP contribution in [0.25, 0.3) is 0 Å². The molecule has 0 saturated heterocycles. The Morgan fingerprint density at radius 1 is 1.37 bits per heavy atom. The summed E-state index contributed by atoms with van der Waals surface area (Å²) in [6.07, 6.45) is 3.11. The van der Waals surface area contributed by atoms with Gasteiger partial charge in [0.05, 0.1) is 6.42 Å². The minimum Gasteiger partial charge on any atom is -0.481 e. The molecule has 3 N–H and O–H groups in total. The molecule has 0 aromatic heterocycles. The highest BCUT2D eigenvalue weighted by Crippen LogP contribution is 2.48. The van der Waals surface area contributed by atoms with Crippen LogP contribution < -0.4 is 5.73 Å². The van der Waals surface area contributed by atoms with Crippen molar-refractivity contribution < 1.29 is 9.90 Å². The Hall–Kier alpha value is -1.35. The van der Waals surface area contributed by atoms with Crippen molar-refractivity contribution in [2.24, 2.45) is 23.0 Å². The molecule has 3 atom stereocenters. The number of carboxylic acid groups (broad SMARTS) is 1. The Labute approximate surface area is 114 Å². The maximum absolute atomic E-state index is 11.0. The van der Waals surface area contributed by atoms with Gasteiger partial charge >= 0.3 is 5.97 Å². The summed E-state index contributed by atoms with van der Waals surface area (Å²) in [6.45, 7) is 2.71. The summed E-state index contributed by atoms with van der Waals surface area (Å²) in [5, 5.41) is 9.08. The molecule has 0 spiro atoms. The molecule has 3 nitrogen and oxygen atoms in total. The number of rotatable bonds is 5. The molecule has 0 amide bonds. The van der Waals surface area contributed by atoms with Gasteiger partial charge in [-0.25, -0.2) is 0 Å². The number of nitrogens with two attached hydrogens (primary N) is 1. The summed E-state index contributed by atoms with van der Waals surface area (Å²) < 4.78 is 0. The van der Waals surface area contributed by atoms with Gasteiger partial charge in [0, 0.05) is 0 Å². The van der Waals surface area contributed by atoms with Crippen molar-refractivity contribution >= 4 is 5.97 Å². The lowest BCUT2D eigenvalue weighted by Gasteiger charge is -2.25. The highest BCUT2D eigenvalue weighted by atomic mass is 16.4. The first kappa shape index (κ1) is 14.1. The van der Waals surface area contributed by atoms with E-state index < -0.39 is 5.97 Å². The molecule has 0 heterocycles. The molecule has 1 aromatic carbocycles. The van der Waals surface area contributed by atoms with Crippen LogP contribution in [-0.4, -0.2) is 17.6 Å². The molecule has 0 unspecified atom stereocenters. The number of hydrogen-bond donors (Lipinski definition) is 2. The van der Waals surface area contributed by atoms with Gasteiger partial charge in [-0.1, -0.05) is 37.3 Å². The van der Waals surface area contributed by atoms with Crippen molar-refractivity contribution in [2.75, 3.05) is 6.54 Å². The van der Waals surface area contributed by atoms with Crippen LogP contribution in [0.1, 0.15) is 31.7 Å². The van der Waals surface area contributed by atoms with Crippen LogP contribution in [0.5, 0.6) is 0 Å². The Bertz CT molecular complexity index is 432. The van der Waals surface area contributed by atoms with Gasteiger partial charge in [-0.3, -0.25) is 4.79 Å². The van der Waals surface area contributed by atoms with Crippen molar-refractivity contribution in [2.45, 2.75) is 32.6 Å². The molecule has 0 aliphatic heterocycles. The summed E-state index contributed by atoms with van der Waals surface area (Å²) in [5.41, 5.74) is 7.02. The molecular weight excluding hydrogens is 238 g/mol. The zero-order chi connectivity index (χ0) is 13.9. The SMILES string of the molecule is C[C@H]1C[C@@](CN)(CC(=O)O)C[C@@H]1Cc1ccccc1. The maximum Gasteiger partial charge on any atom is 0.303 e. The van der Waals surface area contributed by atoms with E-state index in [-0.39, 0.29) is 11.8 Å². The number of hydrogen-bond acceptors (Lipinski definition) is 2. The molecule has 1 fully saturated rings. The van der Waals surface area contributed by atoms with Gasteiger partial charge in [0.1, 0.15) is 0 Å². The smallest absolute Gasteiger partial charge is 0.303 e. The van der Waals surface area contributed by atoms with Crippen LogP contribution in [0, 0.1) is 17.3 Å². The fourth-order valence-corrected chi connectivity index (χ4v) is 3.58. The minimum atomic E-state index is -0.724. The fraction of sp³-hybridized carbons (Fsp3) is 0.562. The topological polar surface area (TPSA) is 63.3 Å². The third-order valence-electron chi connectivity index (χ3n) is 4.55. The van der Waals surface area contributed by atoms with E-state index in [1.165, 1.54) is 5.56 Å². The molecular formula is C16H23NO2. The predicted octanol–water partition coefficient (Wildman–Crippen LogP) is 2.70. The molecule has 104 valence electrons. The van der Waals surface area contributed by atoms with Crippen LogP contribution in [-0.2, 0) is 11.2 Å². The van der Waals surface area contributed by atoms with E-state index >= 15 is 0 Å². The van der Waals surface area contributed by atoms with Crippen molar-refractivity contribution in [3.8, 4) is 0 Å². The number of carboxylic acids is 1. The van der Waals surface area contributed by atoms with Gasteiger partial charge in [0.15, 0.2) is 0 Å². The second-order valence-corrected chi connectivity index (χ2v) is 6.11. The maximum atomic E-state index is 11.0. The third-order valence-corrected chi connectivity index (χ3v) is 4.55. The number of carbonyl (C=O) groups is 1. The van der Waals surface area contributed by atoms with Crippen molar-refractivity contribution in [3.63, 3.8) is 0 Å². The number of aliphatic carboxylic acids is 1. The zero-order valence-electron chi connectivity index (χ0n) is 11.5. The Balaban J connectivity index is 2.06. The Morgan fingerprint density at radius 2 is 2.05 bits per heavy atom. The van der Waals surface area contributed by atoms with Crippen LogP contribution in [0.15, 0.2) is 30.3 Å². The van der Waals surface area contributed by atoms with Gasteiger partial charge in [0.25, 0.3) is 0 Å². The van der Waals surface area contributed by atoms with Crippen LogP contribution >= 0.6 is 0 Å². The molecule has 1 aliphatic rings. The molecule has 3 heteroatoms. The molecule has 19 heavy (non-hydrogen) atoms. The van der Waals surface area contributed by atoms with Crippen molar-refractivity contribution in [1.29, 1.82) is 0 Å². The monoisotopic (exact) mass is 261 g/mol. The largest absolute Gasteiger partial charge is 0.481 e. The Kier molecular flexibility index (Phi) is 4.25. The molecule has 1 aliphatic carbocycles. The van der Waals surface area contributed by atoms with Crippen LogP contribution in [0.4, 0.5) is 0 Å². The van der Waals surface area contributed by atoms with Gasteiger partial charge in [0.2, 0.25) is 0 Å². The second-order valence-electron chi connectivity index (χ2n) is 6.11. The van der Waals surface area contributed by atoms with Gasteiger partial charge in [-0.05, 0) is 48.6 Å². The third kappa shape index (κ3) is 3.35. The second kappa shape index (κ2) is 5.74. The first-order valence-electron chi connectivity index (χ1n) is 7.00. The molecule has 0 bridgehead atoms. The lowest BCUT2D eigenvalue weighted by atomic mass is 9.81. The first-order chi connectivity index (χ1) is 9.04. The average molecular weight is 261 g/mol. The van der Waals surface area contributed by atoms with Crippen LogP contribution in [0.3, 0.4) is 0 Å². The molecule has 1 saturated carbocycles. The van der Waals surface area contributed by atoms with E-state index in [1.807, 2.05) is 6.07 Å². The van der Waals surface area contributed by atoms with Gasteiger partial charge in [-0.2, -0.15) is 0 Å². The standard InChI is InChI=1S/C16H23NO2/c1-12-8-16(11-17,10-15(18)19)9-14(12)7-13-5-3-2-4-6-13/h2-6,12,14H,7-11,17H2,1H3,(H,18,19)/t12-,14-,16-/m0/s1. The van der Waals surface area contributed by atoms with Crippen molar-refractivity contribution in [1.82, 2.24) is 0 Å². The van der Waals surface area contributed by atoms with E-state index in [2.05, 4.69) is 31.2 Å². The molecule has 0 radical (unpaired) electrons. The summed E-state index contributed by atoms with van der Waals surface area (Å²) in [7, 11) is 0. The highest BCUT2D eigenvalue weighted by molar-refractivity contribution is 5.67. The summed E-state index contributed by atoms with van der Waals surface area (Å²) >= 11 is 0. The van der Waals surface area contributed by atoms with Gasteiger partial charge < -0.3 is 10.8 Å². The zero-order valence-corrected chi connectivity index (χ0v) is 11.5. The summed E-state index contributed by atoms with van der Waals surface area (Å²) in [5.74, 6) is 0.367. The van der Waals surface area contributed by atoms with E-state index in [0.29, 0.717) is 18.4 Å². The van der Waals surface area contributed by atoms with Crippen LogP contribution in [0.2, 0.25) is 0 Å². The van der Waals surface area contributed by atoms with Gasteiger partial charge in [-0.15, -0.1) is 0 Å². The summed E-state index contributed by atoms with van der Waals surface area (Å²) in [6, 6.07) is 10.4. The van der Waals surface area contributed by atoms with E-state index in [1.54, 1.807) is 0 Å². The van der Waals surface area contributed by atoms with Crippen molar-refractivity contribution in [3.05, 3.63) is 35.9 Å². The summed E-state index contributed by atoms with van der Waals surface area (Å²) in [4.78, 5) is 11.0. The highest BCUT2D eigenvalue weighted by Gasteiger charge is 2.43. The predicted molar refractivity (Wildman–Crippen MR) is 75.8 cm³/mol. The molecule has 1 aromatic rings. The quantitative estimate of drug-likeness (QED) is 0.856. The normalized spacial score (nSPS) is 30.4. The van der Waals surface area contributed by atoms with E-state index in [4.69, 9.17) is 10.8 Å². The first-order valence-corrected chi connectivity index (χ1v) is 7.00. The average Bonchev–Trinajstić information content (AvgIpc) is 2.67. The van der Waals surface area contributed by atoms with E-state index in [9.17, 15) is 4.79 Å². The fourth-order valence-electron chi connectivity index (χ4n) is 3.58. The minimum absolute atomic E-state index is 0.190. The Morgan fingerprint density at radius 3 is 2.63 bits per heavy atom. The lowest BCUT2D eigenvalue weighted by molar-refractivity contribution is -0.139. The van der Waals surface area contributed by atoms with E-state index in [0.717, 1.165) is 19.3 Å². The molecule has 2 rings (SSSR count). The lowest BCUT2D eigenvalue weighted by Crippen LogP contribution is -2.30.